The highest BCUT2D eigenvalue weighted by Gasteiger charge is 2.28. The second-order valence-corrected chi connectivity index (χ2v) is 8.21. The molecule has 2 amide bonds. The van der Waals surface area contributed by atoms with Crippen molar-refractivity contribution in [1.29, 1.82) is 0 Å². The summed E-state index contributed by atoms with van der Waals surface area (Å²) in [4.78, 5) is 18.9. The summed E-state index contributed by atoms with van der Waals surface area (Å²) in [5.74, 6) is 0. The van der Waals surface area contributed by atoms with Gasteiger partial charge in [-0.15, -0.1) is 11.3 Å². The molecule has 1 saturated heterocycles. The average molecular weight is 372 g/mol. The number of aryl methyl sites for hydroxylation is 2. The zero-order chi connectivity index (χ0) is 18.5. The third-order valence-corrected chi connectivity index (χ3v) is 5.95. The molecule has 26 heavy (non-hydrogen) atoms. The summed E-state index contributed by atoms with van der Waals surface area (Å²) in [7, 11) is 0. The van der Waals surface area contributed by atoms with E-state index in [1.165, 1.54) is 16.0 Å². The van der Waals surface area contributed by atoms with Crippen LogP contribution in [0.4, 0.5) is 10.5 Å². The first kappa shape index (κ1) is 18.9. The number of hydrogen-bond acceptors (Lipinski definition) is 3. The number of benzene rings is 1. The van der Waals surface area contributed by atoms with Crippen molar-refractivity contribution >= 4 is 23.1 Å². The van der Waals surface area contributed by atoms with Crippen molar-refractivity contribution in [2.75, 3.05) is 25.0 Å². The van der Waals surface area contributed by atoms with Gasteiger partial charge in [-0.3, -0.25) is 0 Å². The molecule has 1 aromatic carbocycles. The van der Waals surface area contributed by atoms with Gasteiger partial charge >= 0.3 is 6.03 Å². The zero-order valence-electron chi connectivity index (χ0n) is 16.0. The van der Waals surface area contributed by atoms with E-state index in [1.807, 2.05) is 17.0 Å². The molecule has 0 atom stereocenters. The number of carbonyl (C=O) groups excluding carboxylic acids is 1. The van der Waals surface area contributed by atoms with Crippen LogP contribution in [0.2, 0.25) is 0 Å². The van der Waals surface area contributed by atoms with Gasteiger partial charge in [0.05, 0.1) is 6.54 Å². The van der Waals surface area contributed by atoms with E-state index in [2.05, 4.69) is 54.6 Å². The number of carbonyl (C=O) groups is 1. The zero-order valence-corrected chi connectivity index (χ0v) is 16.8. The number of hydrogen-bond donors (Lipinski definition) is 1. The van der Waals surface area contributed by atoms with Crippen molar-refractivity contribution in [3.63, 3.8) is 0 Å². The molecule has 0 aliphatic carbocycles. The Morgan fingerprint density at radius 2 is 1.92 bits per heavy atom. The third kappa shape index (κ3) is 4.86. The maximum atomic E-state index is 13.1. The minimum absolute atomic E-state index is 0.0124. The maximum Gasteiger partial charge on any atom is 0.322 e. The number of likely N-dealkylation sites (tertiary alicyclic amines) is 1. The molecule has 0 radical (unpaired) electrons. The Morgan fingerprint density at radius 3 is 2.50 bits per heavy atom. The molecule has 3 rings (SSSR count). The fourth-order valence-electron chi connectivity index (χ4n) is 3.73. The van der Waals surface area contributed by atoms with Crippen LogP contribution in [0.25, 0.3) is 0 Å². The Morgan fingerprint density at radius 1 is 1.23 bits per heavy atom. The van der Waals surface area contributed by atoms with Gasteiger partial charge in [0.25, 0.3) is 0 Å². The molecule has 4 nitrogen and oxygen atoms in total. The summed E-state index contributed by atoms with van der Waals surface area (Å²) in [6, 6.07) is 10.7. The minimum atomic E-state index is 0.0124. The van der Waals surface area contributed by atoms with Crippen molar-refractivity contribution in [3.8, 4) is 0 Å². The van der Waals surface area contributed by atoms with Crippen molar-refractivity contribution in [3.05, 3.63) is 51.7 Å². The quantitative estimate of drug-likeness (QED) is 0.813. The number of anilines is 1. The van der Waals surface area contributed by atoms with Crippen LogP contribution >= 0.6 is 11.3 Å². The van der Waals surface area contributed by atoms with E-state index in [0.29, 0.717) is 12.6 Å². The van der Waals surface area contributed by atoms with Crippen molar-refractivity contribution < 1.29 is 4.79 Å². The molecule has 1 aliphatic heterocycles. The fraction of sp³-hybridized carbons (Fsp3) is 0.476. The molecule has 2 aromatic rings. The van der Waals surface area contributed by atoms with Gasteiger partial charge in [-0.05, 0) is 67.9 Å². The first-order valence-corrected chi connectivity index (χ1v) is 10.3. The molecule has 2 heterocycles. The molecule has 1 aliphatic rings. The van der Waals surface area contributed by atoms with E-state index < -0.39 is 0 Å². The van der Waals surface area contributed by atoms with E-state index in [4.69, 9.17) is 0 Å². The Kier molecular flexibility index (Phi) is 6.33. The molecule has 0 bridgehead atoms. The van der Waals surface area contributed by atoms with E-state index >= 15 is 0 Å². The summed E-state index contributed by atoms with van der Waals surface area (Å²) < 4.78 is 0. The van der Waals surface area contributed by atoms with Gasteiger partial charge in [0.2, 0.25) is 0 Å². The Bertz CT molecular complexity index is 701. The van der Waals surface area contributed by atoms with Crippen molar-refractivity contribution in [2.45, 2.75) is 46.2 Å². The molecule has 1 N–H and O–H groups in total. The van der Waals surface area contributed by atoms with Gasteiger partial charge < -0.3 is 15.1 Å². The molecular weight excluding hydrogens is 342 g/mol. The molecule has 0 unspecified atom stereocenters. The highest BCUT2D eigenvalue weighted by molar-refractivity contribution is 7.09. The molecule has 1 aromatic heterocycles. The predicted octanol–water partition coefficient (Wildman–Crippen LogP) is 4.88. The first-order valence-electron chi connectivity index (χ1n) is 9.46. The second-order valence-electron chi connectivity index (χ2n) is 7.18. The summed E-state index contributed by atoms with van der Waals surface area (Å²) in [5, 5.41) is 5.22. The van der Waals surface area contributed by atoms with Gasteiger partial charge in [-0.1, -0.05) is 19.1 Å². The van der Waals surface area contributed by atoms with Gasteiger partial charge in [-0.25, -0.2) is 4.79 Å². The Labute approximate surface area is 160 Å². The first-order chi connectivity index (χ1) is 12.5. The molecule has 0 spiro atoms. The summed E-state index contributed by atoms with van der Waals surface area (Å²) in [5.41, 5.74) is 3.22. The molecule has 1 fully saturated rings. The van der Waals surface area contributed by atoms with Crippen LogP contribution in [0.15, 0.2) is 35.7 Å². The van der Waals surface area contributed by atoms with Gasteiger partial charge in [0.15, 0.2) is 0 Å². The minimum Gasteiger partial charge on any atom is -0.316 e. The van der Waals surface area contributed by atoms with E-state index in [9.17, 15) is 4.79 Å². The number of amides is 2. The monoisotopic (exact) mass is 371 g/mol. The van der Waals surface area contributed by atoms with Crippen molar-refractivity contribution in [1.82, 2.24) is 9.80 Å². The average Bonchev–Trinajstić information content (AvgIpc) is 3.12. The van der Waals surface area contributed by atoms with Crippen LogP contribution in [-0.2, 0) is 6.54 Å². The largest absolute Gasteiger partial charge is 0.322 e. The van der Waals surface area contributed by atoms with Gasteiger partial charge in [0, 0.05) is 29.7 Å². The number of urea groups is 1. The lowest BCUT2D eigenvalue weighted by Gasteiger charge is -2.38. The topological polar surface area (TPSA) is 35.6 Å². The van der Waals surface area contributed by atoms with Crippen LogP contribution < -0.4 is 5.32 Å². The molecule has 0 saturated carbocycles. The Balaban J connectivity index is 1.74. The lowest BCUT2D eigenvalue weighted by atomic mass is 10.0. The lowest BCUT2D eigenvalue weighted by Crippen LogP contribution is -2.48. The smallest absolute Gasteiger partial charge is 0.316 e. The summed E-state index contributed by atoms with van der Waals surface area (Å²) in [6.45, 7) is 10.2. The van der Waals surface area contributed by atoms with Crippen LogP contribution in [0.5, 0.6) is 0 Å². The number of nitrogens with one attached hydrogen (secondary N) is 1. The van der Waals surface area contributed by atoms with Crippen LogP contribution in [0.3, 0.4) is 0 Å². The second kappa shape index (κ2) is 8.69. The standard InChI is InChI=1S/C21H29N3OS/c1-4-23-9-7-19(8-10-23)24(15-20-6-5-11-26-20)21(25)22-18-13-16(2)12-17(3)14-18/h5-6,11-14,19H,4,7-10,15H2,1-3H3,(H,22,25). The van der Waals surface area contributed by atoms with Crippen LogP contribution in [-0.4, -0.2) is 41.5 Å². The van der Waals surface area contributed by atoms with E-state index in [0.717, 1.165) is 38.2 Å². The van der Waals surface area contributed by atoms with Gasteiger partial charge in [-0.2, -0.15) is 0 Å². The summed E-state index contributed by atoms with van der Waals surface area (Å²) in [6.07, 6.45) is 2.08. The predicted molar refractivity (Wildman–Crippen MR) is 110 cm³/mol. The molecule has 5 heteroatoms. The number of nitrogens with zero attached hydrogens (tertiary/aromatic N) is 2. The molecular formula is C21H29N3OS. The Hall–Kier alpha value is -1.85. The molecule has 140 valence electrons. The van der Waals surface area contributed by atoms with Crippen molar-refractivity contribution in [2.24, 2.45) is 0 Å². The van der Waals surface area contributed by atoms with E-state index in [1.54, 1.807) is 11.3 Å². The van der Waals surface area contributed by atoms with E-state index in [-0.39, 0.29) is 6.03 Å². The highest BCUT2D eigenvalue weighted by Crippen LogP contribution is 2.23. The highest BCUT2D eigenvalue weighted by atomic mass is 32.1. The third-order valence-electron chi connectivity index (χ3n) is 5.09. The number of rotatable bonds is 5. The maximum absolute atomic E-state index is 13.1. The lowest BCUT2D eigenvalue weighted by molar-refractivity contribution is 0.127. The number of thiophene rings is 1. The van der Waals surface area contributed by atoms with Crippen LogP contribution in [0.1, 0.15) is 35.8 Å². The normalized spacial score (nSPS) is 15.8. The summed E-state index contributed by atoms with van der Waals surface area (Å²) >= 11 is 1.72. The SMILES string of the molecule is CCN1CCC(N(Cc2cccs2)C(=O)Nc2cc(C)cc(C)c2)CC1. The number of piperidine rings is 1. The van der Waals surface area contributed by atoms with Crippen LogP contribution in [0, 0.1) is 13.8 Å². The van der Waals surface area contributed by atoms with Gasteiger partial charge in [0.1, 0.15) is 0 Å². The fourth-order valence-corrected chi connectivity index (χ4v) is 4.43.